The van der Waals surface area contributed by atoms with Gasteiger partial charge in [-0.1, -0.05) is 11.6 Å². The zero-order chi connectivity index (χ0) is 15.4. The van der Waals surface area contributed by atoms with E-state index in [1.807, 2.05) is 13.8 Å². The van der Waals surface area contributed by atoms with Crippen LogP contribution in [0.5, 0.6) is 11.6 Å². The lowest BCUT2D eigenvalue weighted by Crippen LogP contribution is -2.00. The summed E-state index contributed by atoms with van der Waals surface area (Å²) in [6.07, 6.45) is 0. The molecule has 2 rings (SSSR count). The molecular weight excluding hydrogens is 290 g/mol. The minimum Gasteiger partial charge on any atom is -0.438 e. The van der Waals surface area contributed by atoms with Crippen molar-refractivity contribution in [1.29, 1.82) is 5.26 Å². The maximum absolute atomic E-state index is 8.96. The SMILES string of the molecule is COCc1nc(Cl)cc(Oc2c(C)cc(C#N)cc2C)n1. The number of hydrogen-bond donors (Lipinski definition) is 0. The molecule has 0 aliphatic rings. The molecule has 1 aromatic carbocycles. The van der Waals surface area contributed by atoms with E-state index in [1.165, 1.54) is 6.07 Å². The van der Waals surface area contributed by atoms with E-state index in [2.05, 4.69) is 16.0 Å². The number of aromatic nitrogens is 2. The Morgan fingerprint density at radius 1 is 1.19 bits per heavy atom. The topological polar surface area (TPSA) is 68.0 Å². The Balaban J connectivity index is 2.36. The van der Waals surface area contributed by atoms with E-state index in [0.717, 1.165) is 11.1 Å². The lowest BCUT2D eigenvalue weighted by molar-refractivity contribution is 0.177. The maximum atomic E-state index is 8.96. The maximum Gasteiger partial charge on any atom is 0.224 e. The zero-order valence-corrected chi connectivity index (χ0v) is 12.7. The van der Waals surface area contributed by atoms with Crippen molar-refractivity contribution in [1.82, 2.24) is 9.97 Å². The van der Waals surface area contributed by atoms with Gasteiger partial charge in [-0.15, -0.1) is 0 Å². The molecule has 0 N–H and O–H groups in total. The van der Waals surface area contributed by atoms with Crippen LogP contribution in [0.3, 0.4) is 0 Å². The van der Waals surface area contributed by atoms with Gasteiger partial charge in [-0.25, -0.2) is 4.98 Å². The molecule has 0 unspecified atom stereocenters. The standard InChI is InChI=1S/C15H14ClN3O2/c1-9-4-11(7-17)5-10(2)15(9)21-14-6-12(16)18-13(19-14)8-20-3/h4-6H,8H2,1-3H3. The normalized spacial score (nSPS) is 10.2. The fraction of sp³-hybridized carbons (Fsp3) is 0.267. The second kappa shape index (κ2) is 6.53. The molecule has 5 nitrogen and oxygen atoms in total. The van der Waals surface area contributed by atoms with Gasteiger partial charge in [0.25, 0.3) is 0 Å². The predicted octanol–water partition coefficient (Wildman–Crippen LogP) is 3.56. The summed E-state index contributed by atoms with van der Waals surface area (Å²) < 4.78 is 10.8. The first-order valence-corrected chi connectivity index (χ1v) is 6.63. The molecule has 0 spiro atoms. The van der Waals surface area contributed by atoms with Crippen LogP contribution in [0.1, 0.15) is 22.5 Å². The first kappa shape index (κ1) is 15.2. The molecule has 0 saturated heterocycles. The van der Waals surface area contributed by atoms with Gasteiger partial charge in [0.2, 0.25) is 5.88 Å². The molecule has 0 atom stereocenters. The molecule has 0 aliphatic heterocycles. The lowest BCUT2D eigenvalue weighted by atomic mass is 10.1. The van der Waals surface area contributed by atoms with Crippen molar-refractivity contribution in [3.63, 3.8) is 0 Å². The zero-order valence-electron chi connectivity index (χ0n) is 12.0. The first-order chi connectivity index (χ1) is 10.0. The Morgan fingerprint density at radius 2 is 1.86 bits per heavy atom. The number of ether oxygens (including phenoxy) is 2. The van der Waals surface area contributed by atoms with Gasteiger partial charge >= 0.3 is 0 Å². The molecule has 0 radical (unpaired) electrons. The highest BCUT2D eigenvalue weighted by Gasteiger charge is 2.11. The fourth-order valence-corrected chi connectivity index (χ4v) is 2.16. The summed E-state index contributed by atoms with van der Waals surface area (Å²) in [7, 11) is 1.56. The summed E-state index contributed by atoms with van der Waals surface area (Å²) in [5, 5.41) is 9.24. The van der Waals surface area contributed by atoms with Crippen molar-refractivity contribution in [2.75, 3.05) is 7.11 Å². The van der Waals surface area contributed by atoms with Crippen LogP contribution in [0.25, 0.3) is 0 Å². The van der Waals surface area contributed by atoms with E-state index in [1.54, 1.807) is 19.2 Å². The van der Waals surface area contributed by atoms with Crippen molar-refractivity contribution in [2.24, 2.45) is 0 Å². The van der Waals surface area contributed by atoms with Gasteiger partial charge in [-0.3, -0.25) is 0 Å². The highest BCUT2D eigenvalue weighted by molar-refractivity contribution is 6.29. The minimum absolute atomic E-state index is 0.252. The molecule has 1 aromatic heterocycles. The molecule has 2 aromatic rings. The van der Waals surface area contributed by atoms with E-state index < -0.39 is 0 Å². The Hall–Kier alpha value is -2.16. The third-order valence-corrected chi connectivity index (χ3v) is 2.98. The van der Waals surface area contributed by atoms with Crippen LogP contribution in [-0.4, -0.2) is 17.1 Å². The second-order valence-corrected chi connectivity index (χ2v) is 4.92. The van der Waals surface area contributed by atoms with Gasteiger partial charge in [0.15, 0.2) is 5.82 Å². The molecule has 0 amide bonds. The minimum atomic E-state index is 0.252. The number of halogens is 1. The number of benzene rings is 1. The average molecular weight is 304 g/mol. The van der Waals surface area contributed by atoms with Crippen LogP contribution < -0.4 is 4.74 Å². The number of rotatable bonds is 4. The number of hydrogen-bond acceptors (Lipinski definition) is 5. The fourth-order valence-electron chi connectivity index (χ4n) is 1.97. The van der Waals surface area contributed by atoms with Gasteiger partial charge in [-0.05, 0) is 37.1 Å². The summed E-state index contributed by atoms with van der Waals surface area (Å²) in [5.41, 5.74) is 2.31. The van der Waals surface area contributed by atoms with Gasteiger partial charge in [0.05, 0.1) is 11.6 Å². The van der Waals surface area contributed by atoms with E-state index in [0.29, 0.717) is 23.0 Å². The third-order valence-electron chi connectivity index (χ3n) is 2.79. The quantitative estimate of drug-likeness (QED) is 0.808. The van der Waals surface area contributed by atoms with Crippen LogP contribution in [0.4, 0.5) is 0 Å². The molecular formula is C15H14ClN3O2. The highest BCUT2D eigenvalue weighted by atomic mass is 35.5. The van der Waals surface area contributed by atoms with E-state index in [-0.39, 0.29) is 11.8 Å². The summed E-state index contributed by atoms with van der Waals surface area (Å²) in [6.45, 7) is 4.01. The molecule has 0 fully saturated rings. The largest absolute Gasteiger partial charge is 0.438 e. The average Bonchev–Trinajstić information content (AvgIpc) is 2.42. The molecule has 0 saturated carbocycles. The molecule has 0 aliphatic carbocycles. The lowest BCUT2D eigenvalue weighted by Gasteiger charge is -2.12. The van der Waals surface area contributed by atoms with E-state index in [4.69, 9.17) is 26.3 Å². The van der Waals surface area contributed by atoms with Crippen LogP contribution in [0.15, 0.2) is 18.2 Å². The summed E-state index contributed by atoms with van der Waals surface area (Å²) >= 11 is 5.95. The number of methoxy groups -OCH3 is 1. The van der Waals surface area contributed by atoms with Crippen molar-refractivity contribution < 1.29 is 9.47 Å². The van der Waals surface area contributed by atoms with E-state index >= 15 is 0 Å². The van der Waals surface area contributed by atoms with Crippen molar-refractivity contribution in [3.05, 3.63) is 45.9 Å². The molecule has 108 valence electrons. The highest BCUT2D eigenvalue weighted by Crippen LogP contribution is 2.29. The van der Waals surface area contributed by atoms with Crippen LogP contribution in [0.2, 0.25) is 5.15 Å². The van der Waals surface area contributed by atoms with Crippen molar-refractivity contribution in [3.8, 4) is 17.7 Å². The summed E-state index contributed by atoms with van der Waals surface area (Å²) in [5.74, 6) is 1.45. The van der Waals surface area contributed by atoms with Gasteiger partial charge in [0, 0.05) is 13.2 Å². The second-order valence-electron chi connectivity index (χ2n) is 4.53. The van der Waals surface area contributed by atoms with Crippen molar-refractivity contribution in [2.45, 2.75) is 20.5 Å². The first-order valence-electron chi connectivity index (χ1n) is 6.25. The van der Waals surface area contributed by atoms with Crippen LogP contribution in [-0.2, 0) is 11.3 Å². The summed E-state index contributed by atoms with van der Waals surface area (Å²) in [4.78, 5) is 8.28. The molecule has 1 heterocycles. The Bertz CT molecular complexity index is 688. The van der Waals surface area contributed by atoms with Gasteiger partial charge in [0.1, 0.15) is 17.5 Å². The van der Waals surface area contributed by atoms with Gasteiger partial charge < -0.3 is 9.47 Å². The Labute approximate surface area is 128 Å². The van der Waals surface area contributed by atoms with E-state index in [9.17, 15) is 0 Å². The molecule has 21 heavy (non-hydrogen) atoms. The van der Waals surface area contributed by atoms with Crippen molar-refractivity contribution >= 4 is 11.6 Å². The number of nitriles is 1. The smallest absolute Gasteiger partial charge is 0.224 e. The van der Waals surface area contributed by atoms with Crippen LogP contribution in [0, 0.1) is 25.2 Å². The number of nitrogens with zero attached hydrogens (tertiary/aromatic N) is 3. The van der Waals surface area contributed by atoms with Crippen LogP contribution >= 0.6 is 11.6 Å². The third kappa shape index (κ3) is 3.69. The number of aryl methyl sites for hydroxylation is 2. The monoisotopic (exact) mass is 303 g/mol. The summed E-state index contributed by atoms with van der Waals surface area (Å²) in [6, 6.07) is 7.19. The molecule has 6 heteroatoms. The predicted molar refractivity (Wildman–Crippen MR) is 78.5 cm³/mol. The molecule has 0 bridgehead atoms. The Kier molecular flexibility index (Phi) is 4.73. The van der Waals surface area contributed by atoms with Gasteiger partial charge in [-0.2, -0.15) is 10.2 Å². The Morgan fingerprint density at radius 3 is 2.43 bits per heavy atom.